The number of nitrogens with one attached hydrogen (secondary N) is 2. The standard InChI is InChI=1S/C12H15ClN2O2/c1-7-5-14-6-9(7)12(17)15-8-2-3-11(16)10(13)4-8/h2-4,7,9,14,16H,5-6H2,1H3,(H,15,17). The summed E-state index contributed by atoms with van der Waals surface area (Å²) in [6.07, 6.45) is 0. The molecule has 0 spiro atoms. The maximum atomic E-state index is 12.0. The lowest BCUT2D eigenvalue weighted by molar-refractivity contribution is -0.120. The van der Waals surface area contributed by atoms with E-state index >= 15 is 0 Å². The molecule has 1 aliphatic rings. The minimum atomic E-state index is -0.0115. The van der Waals surface area contributed by atoms with Crippen molar-refractivity contribution in [1.29, 1.82) is 0 Å². The summed E-state index contributed by atoms with van der Waals surface area (Å²) in [5.74, 6) is 0.329. The Morgan fingerprint density at radius 1 is 1.53 bits per heavy atom. The molecule has 2 rings (SSSR count). The summed E-state index contributed by atoms with van der Waals surface area (Å²) >= 11 is 5.77. The summed E-state index contributed by atoms with van der Waals surface area (Å²) in [6, 6.07) is 4.64. The highest BCUT2D eigenvalue weighted by Crippen LogP contribution is 2.27. The molecule has 1 aromatic carbocycles. The number of aromatic hydroxyl groups is 1. The molecule has 2 atom stereocenters. The summed E-state index contributed by atoms with van der Waals surface area (Å²) in [6.45, 7) is 3.63. The van der Waals surface area contributed by atoms with Gasteiger partial charge in [-0.1, -0.05) is 18.5 Å². The van der Waals surface area contributed by atoms with Crippen molar-refractivity contribution in [1.82, 2.24) is 5.32 Å². The molecule has 1 aliphatic heterocycles. The van der Waals surface area contributed by atoms with Crippen molar-refractivity contribution in [3.8, 4) is 5.75 Å². The van der Waals surface area contributed by atoms with Gasteiger partial charge in [0, 0.05) is 12.2 Å². The van der Waals surface area contributed by atoms with Crippen molar-refractivity contribution in [2.45, 2.75) is 6.92 Å². The van der Waals surface area contributed by atoms with Crippen LogP contribution in [0.3, 0.4) is 0 Å². The van der Waals surface area contributed by atoms with E-state index in [9.17, 15) is 9.90 Å². The molecule has 1 amide bonds. The number of hydrogen-bond donors (Lipinski definition) is 3. The Morgan fingerprint density at radius 2 is 2.29 bits per heavy atom. The lowest BCUT2D eigenvalue weighted by Crippen LogP contribution is -2.27. The van der Waals surface area contributed by atoms with E-state index in [2.05, 4.69) is 10.6 Å². The van der Waals surface area contributed by atoms with Crippen molar-refractivity contribution in [2.75, 3.05) is 18.4 Å². The molecule has 17 heavy (non-hydrogen) atoms. The van der Waals surface area contributed by atoms with Gasteiger partial charge in [-0.05, 0) is 30.7 Å². The molecule has 0 aliphatic carbocycles. The van der Waals surface area contributed by atoms with E-state index in [0.29, 0.717) is 18.2 Å². The normalized spacial score (nSPS) is 23.6. The van der Waals surface area contributed by atoms with Crippen molar-refractivity contribution < 1.29 is 9.90 Å². The van der Waals surface area contributed by atoms with Crippen LogP contribution in [0.4, 0.5) is 5.69 Å². The molecule has 0 bridgehead atoms. The molecule has 1 heterocycles. The predicted molar refractivity (Wildman–Crippen MR) is 67.3 cm³/mol. The van der Waals surface area contributed by atoms with Gasteiger partial charge >= 0.3 is 0 Å². The SMILES string of the molecule is CC1CNCC1C(=O)Nc1ccc(O)c(Cl)c1. The number of anilines is 1. The number of carbonyl (C=O) groups is 1. The van der Waals surface area contributed by atoms with E-state index in [1.165, 1.54) is 6.07 Å². The third-order valence-corrected chi connectivity index (χ3v) is 3.37. The highest BCUT2D eigenvalue weighted by atomic mass is 35.5. The average molecular weight is 255 g/mol. The average Bonchev–Trinajstić information content (AvgIpc) is 2.70. The third kappa shape index (κ3) is 2.70. The van der Waals surface area contributed by atoms with Crippen LogP contribution in [0, 0.1) is 11.8 Å². The Bertz CT molecular complexity index is 437. The van der Waals surface area contributed by atoms with Gasteiger partial charge in [0.1, 0.15) is 5.75 Å². The number of phenols is 1. The van der Waals surface area contributed by atoms with E-state index in [-0.39, 0.29) is 22.6 Å². The topological polar surface area (TPSA) is 61.4 Å². The van der Waals surface area contributed by atoms with Crippen LogP contribution in [0.5, 0.6) is 5.75 Å². The number of amides is 1. The second-order valence-electron chi connectivity index (χ2n) is 4.40. The molecule has 0 radical (unpaired) electrons. The van der Waals surface area contributed by atoms with Crippen molar-refractivity contribution >= 4 is 23.2 Å². The first-order chi connectivity index (χ1) is 8.08. The number of phenolic OH excluding ortho intramolecular Hbond substituents is 1. The Morgan fingerprint density at radius 3 is 2.88 bits per heavy atom. The fourth-order valence-corrected chi connectivity index (χ4v) is 2.16. The van der Waals surface area contributed by atoms with Crippen molar-refractivity contribution in [3.05, 3.63) is 23.2 Å². The first-order valence-corrected chi connectivity index (χ1v) is 5.96. The van der Waals surface area contributed by atoms with Crippen LogP contribution in [-0.4, -0.2) is 24.1 Å². The first kappa shape index (κ1) is 12.2. The Balaban J connectivity index is 2.05. The largest absolute Gasteiger partial charge is 0.506 e. The lowest BCUT2D eigenvalue weighted by Gasteiger charge is -2.14. The van der Waals surface area contributed by atoms with Crippen LogP contribution < -0.4 is 10.6 Å². The van der Waals surface area contributed by atoms with Gasteiger partial charge in [0.15, 0.2) is 0 Å². The summed E-state index contributed by atoms with van der Waals surface area (Å²) in [7, 11) is 0. The molecule has 2 unspecified atom stereocenters. The zero-order valence-corrected chi connectivity index (χ0v) is 10.3. The van der Waals surface area contributed by atoms with Crippen LogP contribution >= 0.6 is 11.6 Å². The van der Waals surface area contributed by atoms with Gasteiger partial charge in [0.05, 0.1) is 10.9 Å². The number of halogens is 1. The fraction of sp³-hybridized carbons (Fsp3) is 0.417. The minimum Gasteiger partial charge on any atom is -0.506 e. The molecule has 0 aromatic heterocycles. The van der Waals surface area contributed by atoms with Gasteiger partial charge in [-0.2, -0.15) is 0 Å². The highest BCUT2D eigenvalue weighted by Gasteiger charge is 2.29. The number of benzene rings is 1. The van der Waals surface area contributed by atoms with Gasteiger partial charge in [-0.25, -0.2) is 0 Å². The summed E-state index contributed by atoms with van der Waals surface area (Å²) in [4.78, 5) is 12.0. The van der Waals surface area contributed by atoms with Gasteiger partial charge in [-0.3, -0.25) is 4.79 Å². The molecule has 1 fully saturated rings. The molecule has 0 saturated carbocycles. The zero-order chi connectivity index (χ0) is 12.4. The van der Waals surface area contributed by atoms with E-state index in [1.54, 1.807) is 12.1 Å². The molecule has 92 valence electrons. The van der Waals surface area contributed by atoms with E-state index in [0.717, 1.165) is 6.54 Å². The molecule has 1 saturated heterocycles. The molecular formula is C12H15ClN2O2. The van der Waals surface area contributed by atoms with E-state index in [1.807, 2.05) is 6.92 Å². The van der Waals surface area contributed by atoms with E-state index in [4.69, 9.17) is 11.6 Å². The maximum absolute atomic E-state index is 12.0. The van der Waals surface area contributed by atoms with Gasteiger partial charge in [0.25, 0.3) is 0 Å². The highest BCUT2D eigenvalue weighted by molar-refractivity contribution is 6.32. The fourth-order valence-electron chi connectivity index (χ4n) is 1.98. The smallest absolute Gasteiger partial charge is 0.229 e. The van der Waals surface area contributed by atoms with E-state index < -0.39 is 0 Å². The van der Waals surface area contributed by atoms with Crippen molar-refractivity contribution in [2.24, 2.45) is 11.8 Å². The second-order valence-corrected chi connectivity index (χ2v) is 4.80. The zero-order valence-electron chi connectivity index (χ0n) is 9.53. The Hall–Kier alpha value is -1.26. The van der Waals surface area contributed by atoms with Crippen LogP contribution in [-0.2, 0) is 4.79 Å². The maximum Gasteiger partial charge on any atom is 0.229 e. The Kier molecular flexibility index (Phi) is 3.54. The first-order valence-electron chi connectivity index (χ1n) is 5.58. The molecule has 5 heteroatoms. The quantitative estimate of drug-likeness (QED) is 0.706. The summed E-state index contributed by atoms with van der Waals surface area (Å²) in [5, 5.41) is 15.5. The van der Waals surface area contributed by atoms with Gasteiger partial charge < -0.3 is 15.7 Å². The Labute approximate surface area is 105 Å². The predicted octanol–water partition coefficient (Wildman–Crippen LogP) is 1.84. The minimum absolute atomic E-state index is 0.00995. The number of carbonyl (C=O) groups excluding carboxylic acids is 1. The van der Waals surface area contributed by atoms with Crippen LogP contribution in [0.2, 0.25) is 5.02 Å². The second kappa shape index (κ2) is 4.94. The lowest BCUT2D eigenvalue weighted by atomic mass is 9.97. The van der Waals surface area contributed by atoms with Gasteiger partial charge in [0.2, 0.25) is 5.91 Å². The van der Waals surface area contributed by atoms with Crippen LogP contribution in [0.15, 0.2) is 18.2 Å². The molecule has 1 aromatic rings. The van der Waals surface area contributed by atoms with Crippen LogP contribution in [0.1, 0.15) is 6.92 Å². The third-order valence-electron chi connectivity index (χ3n) is 3.07. The monoisotopic (exact) mass is 254 g/mol. The number of hydrogen-bond acceptors (Lipinski definition) is 3. The summed E-state index contributed by atoms with van der Waals surface area (Å²) in [5.41, 5.74) is 0.608. The van der Waals surface area contributed by atoms with Crippen molar-refractivity contribution in [3.63, 3.8) is 0 Å². The summed E-state index contributed by atoms with van der Waals surface area (Å²) < 4.78 is 0. The molecule has 4 nitrogen and oxygen atoms in total. The van der Waals surface area contributed by atoms with Crippen LogP contribution in [0.25, 0.3) is 0 Å². The molecular weight excluding hydrogens is 240 g/mol. The molecule has 3 N–H and O–H groups in total. The number of rotatable bonds is 2. The van der Waals surface area contributed by atoms with Gasteiger partial charge in [-0.15, -0.1) is 0 Å².